The van der Waals surface area contributed by atoms with Gasteiger partial charge < -0.3 is 39.7 Å². The third-order valence-electron chi connectivity index (χ3n) is 7.12. The average molecular weight is 533 g/mol. The maximum Gasteiger partial charge on any atom is 0.167 e. The molecule has 0 bridgehead atoms. The highest BCUT2D eigenvalue weighted by atomic mass is 19.1. The Labute approximate surface area is 219 Å². The van der Waals surface area contributed by atoms with Crippen molar-refractivity contribution in [1.29, 1.82) is 0 Å². The van der Waals surface area contributed by atoms with Gasteiger partial charge in [-0.25, -0.2) is 19.3 Å². The molecule has 2 aromatic heterocycles. The van der Waals surface area contributed by atoms with E-state index in [0.717, 1.165) is 32.5 Å². The number of anilines is 1. The number of hydrogen-bond acceptors (Lipinski definition) is 11. The molecule has 0 saturated carbocycles. The van der Waals surface area contributed by atoms with Crippen molar-refractivity contribution in [1.82, 2.24) is 24.4 Å². The third kappa shape index (κ3) is 5.58. The predicted octanol–water partition coefficient (Wildman–Crippen LogP) is 0.547. The van der Waals surface area contributed by atoms with Gasteiger partial charge >= 0.3 is 0 Å². The molecule has 6 atom stereocenters. The number of piperidine rings is 1. The largest absolute Gasteiger partial charge is 0.494 e. The summed E-state index contributed by atoms with van der Waals surface area (Å²) in [5.41, 5.74) is 0.936. The standard InChI is InChI=1S/C25H33FN6O6/c1-36-18-11-31(8-2-10-37-16-5-3-15(26)4-6-16)9-7-17(18)30-23-20-24(28-13-27-23)32(14-29-20)25-22(35)21(34)19(12-33)38-25/h3-6,13-14,17-19,21-22,25,33-35H,2,7-12H2,1H3,(H,27,28,30)/t17?,18?,19-,21?,22?,25-/m1/s1. The van der Waals surface area contributed by atoms with Crippen LogP contribution >= 0.6 is 0 Å². The van der Waals surface area contributed by atoms with E-state index >= 15 is 0 Å². The quantitative estimate of drug-likeness (QED) is 0.271. The maximum atomic E-state index is 13.0. The molecule has 4 unspecified atom stereocenters. The number of aromatic nitrogens is 4. The first kappa shape index (κ1) is 26.7. The fraction of sp³-hybridized carbons (Fsp3) is 0.560. The van der Waals surface area contributed by atoms with Crippen LogP contribution in [0.2, 0.25) is 0 Å². The summed E-state index contributed by atoms with van der Waals surface area (Å²) in [6.45, 7) is 2.57. The van der Waals surface area contributed by atoms with Crippen LogP contribution in [0.5, 0.6) is 5.75 Å². The Morgan fingerprint density at radius 2 is 1.97 bits per heavy atom. The van der Waals surface area contributed by atoms with Gasteiger partial charge in [0.2, 0.25) is 0 Å². The van der Waals surface area contributed by atoms with Gasteiger partial charge in [-0.1, -0.05) is 0 Å². The Balaban J connectivity index is 1.18. The molecule has 12 nitrogen and oxygen atoms in total. The fourth-order valence-electron chi connectivity index (χ4n) is 5.03. The minimum absolute atomic E-state index is 0.0103. The van der Waals surface area contributed by atoms with Gasteiger partial charge in [-0.3, -0.25) is 4.57 Å². The smallest absolute Gasteiger partial charge is 0.167 e. The maximum absolute atomic E-state index is 13.0. The van der Waals surface area contributed by atoms with Crippen molar-refractivity contribution in [2.24, 2.45) is 0 Å². The number of imidazole rings is 1. The van der Waals surface area contributed by atoms with Crippen molar-refractivity contribution in [3.05, 3.63) is 42.7 Å². The van der Waals surface area contributed by atoms with Crippen LogP contribution in [0.25, 0.3) is 11.2 Å². The minimum atomic E-state index is -1.24. The zero-order valence-electron chi connectivity index (χ0n) is 21.1. The Bertz CT molecular complexity index is 1200. The number of nitrogens with one attached hydrogen (secondary N) is 1. The van der Waals surface area contributed by atoms with E-state index in [2.05, 4.69) is 25.2 Å². The normalized spacial score (nSPS) is 28.1. The molecule has 2 saturated heterocycles. The van der Waals surface area contributed by atoms with Gasteiger partial charge in [-0.05, 0) is 37.1 Å². The lowest BCUT2D eigenvalue weighted by Crippen LogP contribution is -2.51. The number of halogens is 1. The van der Waals surface area contributed by atoms with Crippen LogP contribution in [0.1, 0.15) is 19.1 Å². The van der Waals surface area contributed by atoms with E-state index < -0.39 is 31.1 Å². The van der Waals surface area contributed by atoms with Gasteiger partial charge in [0.05, 0.1) is 31.7 Å². The van der Waals surface area contributed by atoms with Crippen LogP contribution in [-0.2, 0) is 9.47 Å². The summed E-state index contributed by atoms with van der Waals surface area (Å²) in [7, 11) is 1.69. The first-order chi connectivity index (χ1) is 18.5. The monoisotopic (exact) mass is 532 g/mol. The van der Waals surface area contributed by atoms with Crippen LogP contribution in [0.15, 0.2) is 36.9 Å². The molecule has 3 aromatic rings. The van der Waals surface area contributed by atoms with E-state index in [0.29, 0.717) is 29.3 Å². The van der Waals surface area contributed by atoms with Crippen molar-refractivity contribution in [2.45, 2.75) is 49.5 Å². The second-order valence-corrected chi connectivity index (χ2v) is 9.55. The summed E-state index contributed by atoms with van der Waals surface area (Å²) in [5, 5.41) is 33.4. The molecule has 4 heterocycles. The molecule has 0 spiro atoms. The van der Waals surface area contributed by atoms with Crippen molar-refractivity contribution >= 4 is 17.0 Å². The lowest BCUT2D eigenvalue weighted by Gasteiger charge is -2.38. The zero-order chi connectivity index (χ0) is 26.6. The number of ether oxygens (including phenoxy) is 3. The number of hydrogen-bond donors (Lipinski definition) is 4. The van der Waals surface area contributed by atoms with E-state index in [-0.39, 0.29) is 18.0 Å². The van der Waals surface area contributed by atoms with Crippen LogP contribution in [0.4, 0.5) is 10.2 Å². The Hall–Kier alpha value is -2.94. The molecule has 2 aliphatic rings. The van der Waals surface area contributed by atoms with Gasteiger partial charge in [0.1, 0.15) is 36.2 Å². The van der Waals surface area contributed by atoms with E-state index in [1.165, 1.54) is 29.4 Å². The van der Waals surface area contributed by atoms with E-state index in [9.17, 15) is 19.7 Å². The number of methoxy groups -OCH3 is 1. The molecule has 38 heavy (non-hydrogen) atoms. The molecule has 0 radical (unpaired) electrons. The summed E-state index contributed by atoms with van der Waals surface area (Å²) in [6.07, 6.45) is 0.163. The van der Waals surface area contributed by atoms with E-state index in [4.69, 9.17) is 14.2 Å². The van der Waals surface area contributed by atoms with E-state index in [1.807, 2.05) is 0 Å². The number of benzene rings is 1. The predicted molar refractivity (Wildman–Crippen MR) is 134 cm³/mol. The van der Waals surface area contributed by atoms with Gasteiger partial charge in [0, 0.05) is 26.7 Å². The van der Waals surface area contributed by atoms with Crippen molar-refractivity contribution in [3.63, 3.8) is 0 Å². The second-order valence-electron chi connectivity index (χ2n) is 9.55. The first-order valence-corrected chi connectivity index (χ1v) is 12.7. The summed E-state index contributed by atoms with van der Waals surface area (Å²) in [5.74, 6) is 0.905. The van der Waals surface area contributed by atoms with Gasteiger partial charge in [-0.2, -0.15) is 0 Å². The van der Waals surface area contributed by atoms with Crippen molar-refractivity contribution in [2.75, 3.05) is 45.3 Å². The Morgan fingerprint density at radius 3 is 2.71 bits per heavy atom. The molecule has 206 valence electrons. The van der Waals surface area contributed by atoms with Crippen LogP contribution in [0.3, 0.4) is 0 Å². The molecule has 0 amide bonds. The molecule has 13 heteroatoms. The van der Waals surface area contributed by atoms with Crippen LogP contribution in [0, 0.1) is 5.82 Å². The van der Waals surface area contributed by atoms with Gasteiger partial charge in [-0.15, -0.1) is 0 Å². The Morgan fingerprint density at radius 1 is 1.16 bits per heavy atom. The average Bonchev–Trinajstić information content (AvgIpc) is 3.49. The molecular formula is C25H33FN6O6. The van der Waals surface area contributed by atoms with Crippen molar-refractivity contribution < 1.29 is 33.9 Å². The summed E-state index contributed by atoms with van der Waals surface area (Å²) in [6, 6.07) is 6.01. The number of rotatable bonds is 10. The highest BCUT2D eigenvalue weighted by Gasteiger charge is 2.44. The first-order valence-electron chi connectivity index (χ1n) is 12.7. The highest BCUT2D eigenvalue weighted by molar-refractivity contribution is 5.82. The molecule has 1 aromatic carbocycles. The number of fused-ring (bicyclic) bond motifs is 1. The number of likely N-dealkylation sites (tertiary alicyclic amines) is 1. The molecule has 2 fully saturated rings. The lowest BCUT2D eigenvalue weighted by molar-refractivity contribution is -0.0511. The van der Waals surface area contributed by atoms with Crippen molar-refractivity contribution in [3.8, 4) is 5.75 Å². The SMILES string of the molecule is COC1CN(CCCOc2ccc(F)cc2)CCC1Nc1ncnc2c1ncn2[C@@H]1O[C@H](CO)C(O)C1O. The Kier molecular flexibility index (Phi) is 8.31. The highest BCUT2D eigenvalue weighted by Crippen LogP contribution is 2.32. The second kappa shape index (κ2) is 11.8. The molecule has 2 aliphatic heterocycles. The van der Waals surface area contributed by atoms with Gasteiger partial charge in [0.25, 0.3) is 0 Å². The number of aliphatic hydroxyl groups excluding tert-OH is 3. The molecule has 0 aliphatic carbocycles. The van der Waals surface area contributed by atoms with E-state index in [1.54, 1.807) is 19.2 Å². The lowest BCUT2D eigenvalue weighted by atomic mass is 10.0. The summed E-state index contributed by atoms with van der Waals surface area (Å²) in [4.78, 5) is 15.5. The summed E-state index contributed by atoms with van der Waals surface area (Å²) >= 11 is 0. The fourth-order valence-corrected chi connectivity index (χ4v) is 5.03. The third-order valence-corrected chi connectivity index (χ3v) is 7.12. The number of nitrogens with zero attached hydrogens (tertiary/aromatic N) is 5. The molecular weight excluding hydrogens is 499 g/mol. The minimum Gasteiger partial charge on any atom is -0.494 e. The summed E-state index contributed by atoms with van der Waals surface area (Å²) < 4.78 is 31.7. The molecule has 4 N–H and O–H groups in total. The molecule has 5 rings (SSSR count). The van der Waals surface area contributed by atoms with Gasteiger partial charge in [0.15, 0.2) is 23.2 Å². The number of aliphatic hydroxyl groups is 3. The van der Waals surface area contributed by atoms with Crippen LogP contribution in [-0.4, -0.2) is 110 Å². The topological polar surface area (TPSA) is 147 Å². The zero-order valence-corrected chi connectivity index (χ0v) is 21.1. The van der Waals surface area contributed by atoms with Crippen LogP contribution < -0.4 is 10.1 Å².